The monoisotopic (exact) mass is 317 g/mol. The largest absolute Gasteiger partial charge is 0.377 e. The predicted molar refractivity (Wildman–Crippen MR) is 89.5 cm³/mol. The van der Waals surface area contributed by atoms with Gasteiger partial charge in [0.25, 0.3) is 0 Å². The number of nitrogens with one attached hydrogen (secondary N) is 1. The van der Waals surface area contributed by atoms with Crippen LogP contribution in [0.1, 0.15) is 26.2 Å². The van der Waals surface area contributed by atoms with Gasteiger partial charge in [0.2, 0.25) is 0 Å². The molecule has 23 heavy (non-hydrogen) atoms. The lowest BCUT2D eigenvalue weighted by atomic mass is 9.75. The third-order valence-electron chi connectivity index (χ3n) is 5.57. The number of rotatable bonds is 2. The van der Waals surface area contributed by atoms with Crippen LogP contribution in [-0.4, -0.2) is 60.9 Å². The molecule has 0 aromatic heterocycles. The van der Waals surface area contributed by atoms with Gasteiger partial charge >= 0.3 is 0 Å². The summed E-state index contributed by atoms with van der Waals surface area (Å²) >= 11 is 0. The molecule has 0 bridgehead atoms. The fourth-order valence-corrected chi connectivity index (χ4v) is 4.13. The van der Waals surface area contributed by atoms with Crippen molar-refractivity contribution in [2.24, 2.45) is 0 Å². The second-order valence-electron chi connectivity index (χ2n) is 7.15. The Balaban J connectivity index is 1.60. The first-order valence-corrected chi connectivity index (χ1v) is 8.77. The van der Waals surface area contributed by atoms with Gasteiger partial charge in [-0.15, -0.1) is 0 Å². The minimum Gasteiger partial charge on any atom is -0.377 e. The maximum Gasteiger partial charge on any atom is 0.108 e. The smallest absolute Gasteiger partial charge is 0.108 e. The minimum absolute atomic E-state index is 0.205. The van der Waals surface area contributed by atoms with Gasteiger partial charge in [0, 0.05) is 36.6 Å². The molecule has 2 saturated heterocycles. The molecule has 1 N–H and O–H groups in total. The lowest BCUT2D eigenvalue weighted by Crippen LogP contribution is -2.61. The Kier molecular flexibility index (Phi) is 3.85. The number of dihydropyridines is 1. The van der Waals surface area contributed by atoms with E-state index in [0.717, 1.165) is 45.2 Å². The van der Waals surface area contributed by atoms with Gasteiger partial charge in [0.15, 0.2) is 0 Å². The number of allylic oxidation sites excluding steroid dienone is 2. The molecule has 5 nitrogen and oxygen atoms in total. The molecule has 4 rings (SSSR count). The van der Waals surface area contributed by atoms with Crippen LogP contribution in [0.4, 0.5) is 0 Å². The summed E-state index contributed by atoms with van der Waals surface area (Å²) in [5.41, 5.74) is 2.42. The van der Waals surface area contributed by atoms with Crippen LogP contribution in [0.5, 0.6) is 0 Å². The van der Waals surface area contributed by atoms with Gasteiger partial charge in [-0.25, -0.2) is 0 Å². The van der Waals surface area contributed by atoms with Crippen LogP contribution in [0.2, 0.25) is 0 Å². The van der Waals surface area contributed by atoms with Crippen LogP contribution in [0.3, 0.4) is 0 Å². The van der Waals surface area contributed by atoms with Crippen molar-refractivity contribution in [3.8, 4) is 0 Å². The molecule has 4 aliphatic rings. The summed E-state index contributed by atoms with van der Waals surface area (Å²) < 4.78 is 11.4. The Morgan fingerprint density at radius 1 is 1.22 bits per heavy atom. The lowest BCUT2D eigenvalue weighted by Gasteiger charge is -2.55. The molecule has 1 spiro atoms. The summed E-state index contributed by atoms with van der Waals surface area (Å²) in [6.07, 6.45) is 8.20. The molecule has 1 atom stereocenters. The summed E-state index contributed by atoms with van der Waals surface area (Å²) in [5.74, 6) is 1.19. The molecular formula is C18H27N3O2. The summed E-state index contributed by atoms with van der Waals surface area (Å²) in [5, 5.41) is 3.50. The first-order chi connectivity index (χ1) is 11.2. The second kappa shape index (κ2) is 5.87. The molecule has 1 unspecified atom stereocenters. The van der Waals surface area contributed by atoms with Gasteiger partial charge in [-0.05, 0) is 32.3 Å². The molecule has 0 aromatic rings. The maximum absolute atomic E-state index is 5.77. The molecule has 0 radical (unpaired) electrons. The first-order valence-electron chi connectivity index (χ1n) is 8.77. The van der Waals surface area contributed by atoms with E-state index in [0.29, 0.717) is 6.04 Å². The van der Waals surface area contributed by atoms with Crippen molar-refractivity contribution in [3.05, 3.63) is 35.9 Å². The number of hydrogen-bond acceptors (Lipinski definition) is 5. The van der Waals surface area contributed by atoms with E-state index in [1.54, 1.807) is 0 Å². The average molecular weight is 317 g/mol. The zero-order valence-corrected chi connectivity index (χ0v) is 14.0. The quantitative estimate of drug-likeness (QED) is 0.840. The van der Waals surface area contributed by atoms with Crippen molar-refractivity contribution in [1.29, 1.82) is 0 Å². The van der Waals surface area contributed by atoms with Crippen molar-refractivity contribution in [2.45, 2.75) is 37.8 Å². The van der Waals surface area contributed by atoms with Crippen LogP contribution < -0.4 is 5.32 Å². The molecule has 5 heteroatoms. The van der Waals surface area contributed by atoms with E-state index in [4.69, 9.17) is 9.47 Å². The van der Waals surface area contributed by atoms with Crippen molar-refractivity contribution in [2.75, 3.05) is 39.5 Å². The standard InChI is InChI=1S/C18H27N3O2/c1-14-10-16(20-6-8-22-12-15(20)2)11-17(19-14)21-7-9-23-13-18(21)4-3-5-18/h10-11,15,19H,1,3-9,12-13H2,2H3. The molecule has 126 valence electrons. The van der Waals surface area contributed by atoms with Gasteiger partial charge < -0.3 is 24.6 Å². The Labute approximate surface area is 138 Å². The van der Waals surface area contributed by atoms with E-state index >= 15 is 0 Å². The zero-order chi connectivity index (χ0) is 15.9. The summed E-state index contributed by atoms with van der Waals surface area (Å²) in [7, 11) is 0. The summed E-state index contributed by atoms with van der Waals surface area (Å²) in [6.45, 7) is 11.5. The van der Waals surface area contributed by atoms with Gasteiger partial charge in [0.1, 0.15) is 5.82 Å². The molecule has 1 saturated carbocycles. The molecule has 0 amide bonds. The normalized spacial score (nSPS) is 30.5. The van der Waals surface area contributed by atoms with Gasteiger partial charge in [0.05, 0.1) is 32.0 Å². The Hall–Kier alpha value is -1.46. The van der Waals surface area contributed by atoms with E-state index in [9.17, 15) is 0 Å². The topological polar surface area (TPSA) is 37.0 Å². The Morgan fingerprint density at radius 2 is 2.04 bits per heavy atom. The van der Waals surface area contributed by atoms with Gasteiger partial charge in [-0.3, -0.25) is 0 Å². The van der Waals surface area contributed by atoms with E-state index in [1.807, 2.05) is 0 Å². The molecule has 0 aromatic carbocycles. The molecule has 3 aliphatic heterocycles. The van der Waals surface area contributed by atoms with Crippen molar-refractivity contribution >= 4 is 0 Å². The highest BCUT2D eigenvalue weighted by Gasteiger charge is 2.46. The second-order valence-corrected chi connectivity index (χ2v) is 7.15. The fourth-order valence-electron chi connectivity index (χ4n) is 4.13. The number of morpholine rings is 2. The van der Waals surface area contributed by atoms with Crippen LogP contribution in [-0.2, 0) is 9.47 Å². The van der Waals surface area contributed by atoms with Crippen LogP contribution in [0.25, 0.3) is 0 Å². The van der Waals surface area contributed by atoms with Gasteiger partial charge in [-0.2, -0.15) is 0 Å². The van der Waals surface area contributed by atoms with E-state index in [-0.39, 0.29) is 5.54 Å². The van der Waals surface area contributed by atoms with Crippen LogP contribution in [0.15, 0.2) is 35.9 Å². The lowest BCUT2D eigenvalue weighted by molar-refractivity contribution is -0.0923. The molecule has 3 fully saturated rings. The molecular weight excluding hydrogens is 290 g/mol. The van der Waals surface area contributed by atoms with Crippen LogP contribution in [0, 0.1) is 0 Å². The number of hydrogen-bond donors (Lipinski definition) is 1. The maximum atomic E-state index is 5.77. The summed E-state index contributed by atoms with van der Waals surface area (Å²) in [4.78, 5) is 4.96. The average Bonchev–Trinajstić information content (AvgIpc) is 2.53. The fraction of sp³-hybridized carbons (Fsp3) is 0.667. The zero-order valence-electron chi connectivity index (χ0n) is 14.0. The highest BCUT2D eigenvalue weighted by molar-refractivity contribution is 5.37. The minimum atomic E-state index is 0.205. The van der Waals surface area contributed by atoms with Gasteiger partial charge in [-0.1, -0.05) is 6.58 Å². The third kappa shape index (κ3) is 2.66. The third-order valence-corrected chi connectivity index (χ3v) is 5.57. The van der Waals surface area contributed by atoms with E-state index < -0.39 is 0 Å². The number of ether oxygens (including phenoxy) is 2. The van der Waals surface area contributed by atoms with Crippen molar-refractivity contribution < 1.29 is 9.47 Å². The van der Waals surface area contributed by atoms with Crippen LogP contribution >= 0.6 is 0 Å². The molecule has 1 aliphatic carbocycles. The summed E-state index contributed by atoms with van der Waals surface area (Å²) in [6, 6.07) is 0.403. The van der Waals surface area contributed by atoms with E-state index in [1.165, 1.54) is 30.8 Å². The van der Waals surface area contributed by atoms with E-state index in [2.05, 4.69) is 40.8 Å². The van der Waals surface area contributed by atoms with Crippen molar-refractivity contribution in [3.63, 3.8) is 0 Å². The first kappa shape index (κ1) is 15.1. The Bertz CT molecular complexity index is 550. The SMILES string of the molecule is C=C1C=C(N2CCOCC2C)C=C(N2CCOCC23CCC3)N1. The molecule has 3 heterocycles. The highest BCUT2D eigenvalue weighted by atomic mass is 16.5. The highest BCUT2D eigenvalue weighted by Crippen LogP contribution is 2.42. The Morgan fingerprint density at radius 3 is 2.78 bits per heavy atom. The van der Waals surface area contributed by atoms with Crippen molar-refractivity contribution in [1.82, 2.24) is 15.1 Å². The number of nitrogens with zero attached hydrogens (tertiary/aromatic N) is 2. The predicted octanol–water partition coefficient (Wildman–Crippen LogP) is 1.80.